The molecule has 0 radical (unpaired) electrons. The van der Waals surface area contributed by atoms with E-state index in [1.54, 1.807) is 0 Å². The molecule has 1 aromatic rings. The Kier molecular flexibility index (Phi) is 5.28. The van der Waals surface area contributed by atoms with Crippen LogP contribution in [-0.4, -0.2) is 29.6 Å². The molecule has 0 aromatic heterocycles. The van der Waals surface area contributed by atoms with Crippen molar-refractivity contribution in [3.8, 4) is 0 Å². The van der Waals surface area contributed by atoms with Crippen LogP contribution in [0.1, 0.15) is 25.3 Å². The summed E-state index contributed by atoms with van der Waals surface area (Å²) in [6.45, 7) is 3.01. The van der Waals surface area contributed by atoms with E-state index in [-0.39, 0.29) is 5.97 Å². The molecule has 4 heteroatoms. The number of ether oxygens (including phenoxy) is 1. The SMILES string of the molecule is CCOC(=O)C1(NCc2ccccc2)CCCSC1. The van der Waals surface area contributed by atoms with E-state index < -0.39 is 5.54 Å². The number of benzene rings is 1. The molecule has 1 N–H and O–H groups in total. The molecule has 1 aliphatic heterocycles. The lowest BCUT2D eigenvalue weighted by Gasteiger charge is -2.35. The molecule has 1 fully saturated rings. The molecular formula is C15H21NO2S. The molecule has 0 amide bonds. The van der Waals surface area contributed by atoms with Crippen LogP contribution in [0.5, 0.6) is 0 Å². The quantitative estimate of drug-likeness (QED) is 0.841. The van der Waals surface area contributed by atoms with Crippen molar-refractivity contribution >= 4 is 17.7 Å². The Morgan fingerprint density at radius 2 is 2.21 bits per heavy atom. The van der Waals surface area contributed by atoms with E-state index in [0.29, 0.717) is 13.2 Å². The summed E-state index contributed by atoms with van der Waals surface area (Å²) in [7, 11) is 0. The fourth-order valence-electron chi connectivity index (χ4n) is 2.30. The van der Waals surface area contributed by atoms with Gasteiger partial charge in [-0.05, 0) is 31.1 Å². The summed E-state index contributed by atoms with van der Waals surface area (Å²) in [5.74, 6) is 1.84. The first-order valence-electron chi connectivity index (χ1n) is 6.81. The Morgan fingerprint density at radius 3 is 2.84 bits per heavy atom. The van der Waals surface area contributed by atoms with Gasteiger partial charge in [0.15, 0.2) is 0 Å². The highest BCUT2D eigenvalue weighted by atomic mass is 32.2. The molecule has 0 bridgehead atoms. The fraction of sp³-hybridized carbons (Fsp3) is 0.533. The van der Waals surface area contributed by atoms with E-state index in [9.17, 15) is 4.79 Å². The zero-order valence-corrected chi connectivity index (χ0v) is 12.2. The molecule has 1 unspecified atom stereocenters. The van der Waals surface area contributed by atoms with Crippen molar-refractivity contribution < 1.29 is 9.53 Å². The fourth-order valence-corrected chi connectivity index (χ4v) is 3.51. The Hall–Kier alpha value is -1.00. The van der Waals surface area contributed by atoms with Crippen LogP contribution in [0, 0.1) is 0 Å². The van der Waals surface area contributed by atoms with Crippen LogP contribution >= 0.6 is 11.8 Å². The lowest BCUT2D eigenvalue weighted by atomic mass is 9.95. The smallest absolute Gasteiger partial charge is 0.327 e. The van der Waals surface area contributed by atoms with Gasteiger partial charge in [0.25, 0.3) is 0 Å². The number of nitrogens with one attached hydrogen (secondary N) is 1. The number of thioether (sulfide) groups is 1. The van der Waals surface area contributed by atoms with E-state index in [1.165, 1.54) is 5.56 Å². The van der Waals surface area contributed by atoms with Gasteiger partial charge in [-0.1, -0.05) is 30.3 Å². The zero-order valence-electron chi connectivity index (χ0n) is 11.4. The van der Waals surface area contributed by atoms with Crippen molar-refractivity contribution in [1.29, 1.82) is 0 Å². The zero-order chi connectivity index (χ0) is 13.6. The van der Waals surface area contributed by atoms with Crippen molar-refractivity contribution in [1.82, 2.24) is 5.32 Å². The minimum Gasteiger partial charge on any atom is -0.465 e. The van der Waals surface area contributed by atoms with E-state index in [2.05, 4.69) is 17.4 Å². The van der Waals surface area contributed by atoms with Gasteiger partial charge in [-0.3, -0.25) is 10.1 Å². The molecule has 2 rings (SSSR count). The second-order valence-electron chi connectivity index (χ2n) is 4.80. The number of esters is 1. The topological polar surface area (TPSA) is 38.3 Å². The second kappa shape index (κ2) is 6.96. The van der Waals surface area contributed by atoms with Crippen LogP contribution in [0.2, 0.25) is 0 Å². The largest absolute Gasteiger partial charge is 0.465 e. The minimum absolute atomic E-state index is 0.0990. The molecule has 19 heavy (non-hydrogen) atoms. The number of hydrogen-bond donors (Lipinski definition) is 1. The van der Waals surface area contributed by atoms with Crippen molar-refractivity contribution in [2.45, 2.75) is 31.8 Å². The van der Waals surface area contributed by atoms with Gasteiger partial charge >= 0.3 is 5.97 Å². The van der Waals surface area contributed by atoms with Crippen LogP contribution in [-0.2, 0) is 16.1 Å². The monoisotopic (exact) mass is 279 g/mol. The Bertz CT molecular complexity index is 402. The Balaban J connectivity index is 2.03. The summed E-state index contributed by atoms with van der Waals surface area (Å²) in [6, 6.07) is 10.2. The van der Waals surface area contributed by atoms with Gasteiger partial charge in [-0.25, -0.2) is 0 Å². The normalized spacial score (nSPS) is 23.0. The lowest BCUT2D eigenvalue weighted by Crippen LogP contribution is -2.56. The first-order chi connectivity index (χ1) is 9.27. The number of carbonyl (C=O) groups excluding carboxylic acids is 1. The van der Waals surface area contributed by atoms with Gasteiger partial charge in [-0.2, -0.15) is 11.8 Å². The summed E-state index contributed by atoms with van der Waals surface area (Å²) in [6.07, 6.45) is 1.93. The Morgan fingerprint density at radius 1 is 1.42 bits per heavy atom. The summed E-state index contributed by atoms with van der Waals surface area (Å²) in [5.41, 5.74) is 0.691. The van der Waals surface area contributed by atoms with E-state index >= 15 is 0 Å². The molecule has 0 spiro atoms. The number of rotatable bonds is 5. The standard InChI is InChI=1S/C15H21NO2S/c1-2-18-14(17)15(9-6-10-19-12-15)16-11-13-7-4-3-5-8-13/h3-5,7-8,16H,2,6,9-12H2,1H3. The van der Waals surface area contributed by atoms with Gasteiger partial charge in [0.05, 0.1) is 6.61 Å². The summed E-state index contributed by atoms with van der Waals surface area (Å²) in [4.78, 5) is 12.2. The van der Waals surface area contributed by atoms with Gasteiger partial charge in [0, 0.05) is 12.3 Å². The molecule has 1 aromatic carbocycles. The van der Waals surface area contributed by atoms with Crippen molar-refractivity contribution in [2.24, 2.45) is 0 Å². The molecule has 3 nitrogen and oxygen atoms in total. The molecule has 1 aliphatic rings. The van der Waals surface area contributed by atoms with Crippen LogP contribution in [0.3, 0.4) is 0 Å². The van der Waals surface area contributed by atoms with E-state index in [0.717, 1.165) is 24.3 Å². The van der Waals surface area contributed by atoms with Crippen LogP contribution in [0.25, 0.3) is 0 Å². The third kappa shape index (κ3) is 3.74. The number of hydrogen-bond acceptors (Lipinski definition) is 4. The van der Waals surface area contributed by atoms with Crippen LogP contribution in [0.15, 0.2) is 30.3 Å². The van der Waals surface area contributed by atoms with Crippen molar-refractivity contribution in [3.05, 3.63) is 35.9 Å². The predicted octanol–water partition coefficient (Wildman–Crippen LogP) is 2.61. The average molecular weight is 279 g/mol. The number of carbonyl (C=O) groups is 1. The molecule has 0 saturated carbocycles. The highest BCUT2D eigenvalue weighted by molar-refractivity contribution is 7.99. The molecule has 1 saturated heterocycles. The van der Waals surface area contributed by atoms with Gasteiger partial charge in [-0.15, -0.1) is 0 Å². The second-order valence-corrected chi connectivity index (χ2v) is 5.90. The van der Waals surface area contributed by atoms with Crippen molar-refractivity contribution in [3.63, 3.8) is 0 Å². The van der Waals surface area contributed by atoms with Gasteiger partial charge < -0.3 is 4.74 Å². The van der Waals surface area contributed by atoms with Crippen LogP contribution < -0.4 is 5.32 Å². The minimum atomic E-state index is -0.505. The maximum atomic E-state index is 12.2. The van der Waals surface area contributed by atoms with Gasteiger partial charge in [0.2, 0.25) is 0 Å². The third-order valence-electron chi connectivity index (χ3n) is 3.38. The molecule has 1 atom stereocenters. The molecule has 0 aliphatic carbocycles. The maximum absolute atomic E-state index is 12.2. The van der Waals surface area contributed by atoms with Gasteiger partial charge in [0.1, 0.15) is 5.54 Å². The maximum Gasteiger partial charge on any atom is 0.327 e. The first-order valence-corrected chi connectivity index (χ1v) is 7.96. The highest BCUT2D eigenvalue weighted by Crippen LogP contribution is 2.28. The molecule has 1 heterocycles. The lowest BCUT2D eigenvalue weighted by molar-refractivity contribution is -0.150. The average Bonchev–Trinajstić information content (AvgIpc) is 2.47. The molecular weight excluding hydrogens is 258 g/mol. The third-order valence-corrected chi connectivity index (χ3v) is 4.65. The van der Waals surface area contributed by atoms with E-state index in [4.69, 9.17) is 4.74 Å². The van der Waals surface area contributed by atoms with E-state index in [1.807, 2.05) is 36.9 Å². The summed E-state index contributed by atoms with van der Waals surface area (Å²) < 4.78 is 5.26. The first kappa shape index (κ1) is 14.4. The summed E-state index contributed by atoms with van der Waals surface area (Å²) in [5, 5.41) is 3.44. The highest BCUT2D eigenvalue weighted by Gasteiger charge is 2.40. The molecule has 104 valence electrons. The van der Waals surface area contributed by atoms with Crippen LogP contribution in [0.4, 0.5) is 0 Å². The Labute approximate surface area is 119 Å². The predicted molar refractivity (Wildman–Crippen MR) is 79.2 cm³/mol. The summed E-state index contributed by atoms with van der Waals surface area (Å²) >= 11 is 1.83. The van der Waals surface area contributed by atoms with Crippen molar-refractivity contribution in [2.75, 3.05) is 18.1 Å².